The van der Waals surface area contributed by atoms with Crippen LogP contribution in [-0.2, 0) is 4.79 Å². The minimum absolute atomic E-state index is 0.132. The molecule has 0 fully saturated rings. The van der Waals surface area contributed by atoms with E-state index in [0.29, 0.717) is 33.7 Å². The summed E-state index contributed by atoms with van der Waals surface area (Å²) in [6, 6.07) is 15.2. The fourth-order valence-corrected chi connectivity index (χ4v) is 3.60. The van der Waals surface area contributed by atoms with Gasteiger partial charge in [-0.1, -0.05) is 47.3 Å². The number of hydrogen-bond donors (Lipinski definition) is 4. The highest BCUT2D eigenvalue weighted by Crippen LogP contribution is 2.36. The number of carbonyl (C=O) groups is 1. The molecule has 0 aliphatic carbocycles. The van der Waals surface area contributed by atoms with Crippen molar-refractivity contribution < 1.29 is 25.1 Å². The van der Waals surface area contributed by atoms with E-state index < -0.39 is 5.97 Å². The van der Waals surface area contributed by atoms with Crippen LogP contribution in [0.3, 0.4) is 0 Å². The van der Waals surface area contributed by atoms with Crippen LogP contribution in [0.1, 0.15) is 5.76 Å². The lowest BCUT2D eigenvalue weighted by atomic mass is 9.97. The molecule has 5 N–H and O–H groups in total. The number of aromatic amines is 1. The fourth-order valence-electron chi connectivity index (χ4n) is 3.08. The van der Waals surface area contributed by atoms with Gasteiger partial charge in [0.2, 0.25) is 5.16 Å². The Morgan fingerprint density at radius 1 is 1.17 bits per heavy atom. The number of nitrogens with zero attached hydrogens (tertiary/aromatic N) is 3. The Kier molecular flexibility index (Phi) is 5.61. The Labute approximate surface area is 175 Å². The molecule has 0 radical (unpaired) electrons. The summed E-state index contributed by atoms with van der Waals surface area (Å²) < 4.78 is 5.46. The number of benzene rings is 2. The molecule has 0 saturated heterocycles. The third-order valence-corrected chi connectivity index (χ3v) is 5.20. The summed E-state index contributed by atoms with van der Waals surface area (Å²) in [5.41, 5.74) is 5.47. The fraction of sp³-hybridized carbons (Fsp3) is 0.100. The SMILES string of the molecule is Cc1onc(-c2ccccc2)c1-c1cc([NH2+]O)cc(-c2nc(SCC(=O)O)n[nH]2)c1. The van der Waals surface area contributed by atoms with Crippen molar-refractivity contribution in [2.75, 3.05) is 5.75 Å². The molecule has 0 spiro atoms. The maximum Gasteiger partial charge on any atom is 0.313 e. The van der Waals surface area contributed by atoms with E-state index in [4.69, 9.17) is 9.63 Å². The minimum Gasteiger partial charge on any atom is -0.481 e. The van der Waals surface area contributed by atoms with Gasteiger partial charge >= 0.3 is 5.97 Å². The average Bonchev–Trinajstić information content (AvgIpc) is 3.39. The number of carboxylic acids is 1. The molecule has 0 bridgehead atoms. The van der Waals surface area contributed by atoms with Gasteiger partial charge in [-0.25, -0.2) is 10.2 Å². The van der Waals surface area contributed by atoms with E-state index in [9.17, 15) is 10.0 Å². The summed E-state index contributed by atoms with van der Waals surface area (Å²) in [5, 5.41) is 29.9. The van der Waals surface area contributed by atoms with Crippen molar-refractivity contribution in [2.45, 2.75) is 12.1 Å². The normalized spacial score (nSPS) is 11.0. The summed E-state index contributed by atoms with van der Waals surface area (Å²) in [4.78, 5) is 15.1. The Morgan fingerprint density at radius 3 is 2.67 bits per heavy atom. The number of nitrogens with two attached hydrogens (primary N) is 1. The highest BCUT2D eigenvalue weighted by atomic mass is 32.2. The first kappa shape index (κ1) is 19.8. The third-order valence-electron chi connectivity index (χ3n) is 4.37. The molecule has 0 atom stereocenters. The minimum atomic E-state index is -0.943. The summed E-state index contributed by atoms with van der Waals surface area (Å²) in [6.45, 7) is 1.83. The van der Waals surface area contributed by atoms with Gasteiger partial charge < -0.3 is 9.63 Å². The van der Waals surface area contributed by atoms with Crippen molar-refractivity contribution in [3.63, 3.8) is 0 Å². The second-order valence-electron chi connectivity index (χ2n) is 6.45. The number of aromatic nitrogens is 4. The summed E-state index contributed by atoms with van der Waals surface area (Å²) >= 11 is 1.02. The van der Waals surface area contributed by atoms with Crippen molar-refractivity contribution in [3.05, 3.63) is 54.3 Å². The van der Waals surface area contributed by atoms with Gasteiger partial charge in [-0.05, 0) is 18.6 Å². The van der Waals surface area contributed by atoms with Gasteiger partial charge in [-0.2, -0.15) is 5.48 Å². The van der Waals surface area contributed by atoms with Crippen molar-refractivity contribution >= 4 is 23.4 Å². The van der Waals surface area contributed by atoms with Crippen LogP contribution in [0.25, 0.3) is 33.8 Å². The zero-order valence-corrected chi connectivity index (χ0v) is 16.7. The van der Waals surface area contributed by atoms with E-state index in [1.807, 2.05) is 49.4 Å². The monoisotopic (exact) mass is 424 g/mol. The topological polar surface area (TPSA) is 142 Å². The van der Waals surface area contributed by atoms with Gasteiger partial charge in [-0.15, -0.1) is 5.10 Å². The first-order chi connectivity index (χ1) is 14.5. The number of rotatable bonds is 7. The van der Waals surface area contributed by atoms with E-state index >= 15 is 0 Å². The zero-order valence-electron chi connectivity index (χ0n) is 15.9. The molecule has 0 aliphatic heterocycles. The number of thioether (sulfide) groups is 1. The van der Waals surface area contributed by atoms with E-state index in [1.165, 1.54) is 0 Å². The molecule has 30 heavy (non-hydrogen) atoms. The van der Waals surface area contributed by atoms with Crippen LogP contribution >= 0.6 is 11.8 Å². The average molecular weight is 424 g/mol. The number of aryl methyl sites for hydroxylation is 1. The summed E-state index contributed by atoms with van der Waals surface area (Å²) in [6.07, 6.45) is 0. The van der Waals surface area contributed by atoms with Crippen molar-refractivity contribution in [2.24, 2.45) is 0 Å². The van der Waals surface area contributed by atoms with Crippen molar-refractivity contribution in [3.8, 4) is 33.8 Å². The molecule has 2 aromatic carbocycles. The van der Waals surface area contributed by atoms with Crippen LogP contribution in [0.5, 0.6) is 0 Å². The zero-order chi connectivity index (χ0) is 21.1. The first-order valence-electron chi connectivity index (χ1n) is 8.97. The molecule has 0 aliphatic rings. The molecule has 4 aromatic rings. The van der Waals surface area contributed by atoms with Crippen LogP contribution in [-0.4, -0.2) is 42.4 Å². The number of nitrogens with one attached hydrogen (secondary N) is 1. The van der Waals surface area contributed by atoms with Crippen molar-refractivity contribution in [1.29, 1.82) is 0 Å². The molecule has 0 saturated carbocycles. The van der Waals surface area contributed by atoms with Crippen LogP contribution in [0, 0.1) is 6.92 Å². The Hall–Kier alpha value is -3.47. The number of H-pyrrole nitrogens is 1. The summed E-state index contributed by atoms with van der Waals surface area (Å²) in [5.74, 6) is 0.0307. The maximum absolute atomic E-state index is 10.8. The second-order valence-corrected chi connectivity index (χ2v) is 7.39. The van der Waals surface area contributed by atoms with Crippen LogP contribution in [0.2, 0.25) is 0 Å². The number of aliphatic carboxylic acids is 1. The molecular formula is C20H18N5O4S+. The van der Waals surface area contributed by atoms with Gasteiger partial charge in [-0.3, -0.25) is 9.89 Å². The molecule has 0 amide bonds. The standard InChI is InChI=1S/C20H17N5O4S/c1-11-17(18(25-29-11)12-5-3-2-4-6-12)13-7-14(9-15(8-13)24-28)19-21-20(23-22-19)30-10-16(26)27/h2-9,24,28H,10H2,1H3,(H,26,27)(H,21,22,23)/p+1. The largest absolute Gasteiger partial charge is 0.481 e. The lowest BCUT2D eigenvalue weighted by Gasteiger charge is -2.06. The molecule has 2 heterocycles. The number of quaternary nitrogens is 1. The smallest absolute Gasteiger partial charge is 0.313 e. The molecule has 4 rings (SSSR count). The van der Waals surface area contributed by atoms with Crippen LogP contribution < -0.4 is 5.48 Å². The predicted octanol–water partition coefficient (Wildman–Crippen LogP) is 2.86. The van der Waals surface area contributed by atoms with Crippen molar-refractivity contribution in [1.82, 2.24) is 20.3 Å². The molecule has 152 valence electrons. The Bertz CT molecular complexity index is 1190. The van der Waals surface area contributed by atoms with Crippen LogP contribution in [0.15, 0.2) is 58.2 Å². The highest BCUT2D eigenvalue weighted by Gasteiger charge is 2.19. The quantitative estimate of drug-likeness (QED) is 0.202. The molecule has 0 unspecified atom stereocenters. The van der Waals surface area contributed by atoms with Gasteiger partial charge in [0, 0.05) is 23.3 Å². The van der Waals surface area contributed by atoms with Gasteiger partial charge in [0.05, 0.1) is 11.3 Å². The number of carboxylic acid groups (broad SMARTS) is 1. The van der Waals surface area contributed by atoms with Gasteiger partial charge in [0.25, 0.3) is 0 Å². The summed E-state index contributed by atoms with van der Waals surface area (Å²) in [7, 11) is 0. The molecule has 2 aromatic heterocycles. The molecule has 10 heteroatoms. The van der Waals surface area contributed by atoms with E-state index in [1.54, 1.807) is 6.07 Å². The third kappa shape index (κ3) is 4.10. The number of hydrogen-bond acceptors (Lipinski definition) is 7. The lowest BCUT2D eigenvalue weighted by molar-refractivity contribution is -0.825. The molecule has 9 nitrogen and oxygen atoms in total. The highest BCUT2D eigenvalue weighted by molar-refractivity contribution is 7.99. The van der Waals surface area contributed by atoms with E-state index in [2.05, 4.69) is 20.3 Å². The Balaban J connectivity index is 1.77. The van der Waals surface area contributed by atoms with Gasteiger partial charge in [0.15, 0.2) is 11.5 Å². The first-order valence-corrected chi connectivity index (χ1v) is 9.95. The molecular weight excluding hydrogens is 406 g/mol. The van der Waals surface area contributed by atoms with E-state index in [0.717, 1.165) is 33.9 Å². The lowest BCUT2D eigenvalue weighted by Crippen LogP contribution is -2.73. The predicted molar refractivity (Wildman–Crippen MR) is 109 cm³/mol. The van der Waals surface area contributed by atoms with E-state index in [-0.39, 0.29) is 5.75 Å². The van der Waals surface area contributed by atoms with Gasteiger partial charge in [0.1, 0.15) is 11.5 Å². The maximum atomic E-state index is 10.8. The Morgan fingerprint density at radius 2 is 1.93 bits per heavy atom. The van der Waals surface area contributed by atoms with Crippen LogP contribution in [0.4, 0.5) is 5.69 Å². The second kappa shape index (κ2) is 8.49.